The van der Waals surface area contributed by atoms with Gasteiger partial charge in [-0.05, 0) is 110 Å². The molecule has 22 heavy (non-hydrogen) atoms. The van der Waals surface area contributed by atoms with E-state index in [1.165, 1.54) is 64.6 Å². The molecule has 4 aliphatic rings. The van der Waals surface area contributed by atoms with Gasteiger partial charge in [-0.2, -0.15) is 0 Å². The van der Waals surface area contributed by atoms with Crippen molar-refractivity contribution in [3.05, 3.63) is 64.6 Å². The first-order chi connectivity index (χ1) is 10.3. The zero-order chi connectivity index (χ0) is 16.3. The van der Waals surface area contributed by atoms with Crippen molar-refractivity contribution in [2.24, 2.45) is 0 Å². The normalized spacial score (nSPS) is 13.1. The second-order valence-electron chi connectivity index (χ2n) is 6.65. The first-order valence-corrected chi connectivity index (χ1v) is 9.38. The van der Waals surface area contributed by atoms with Crippen LogP contribution in [-0.2, 0) is 12.8 Å². The van der Waals surface area contributed by atoms with Crippen molar-refractivity contribution >= 4 is 31.9 Å². The SMILES string of the molecule is Cc1c(C)c2c(Br)c(C)c1Cc1c(C)c(C)c(c(C)c1Br)C2. The Kier molecular flexibility index (Phi) is 4.06. The summed E-state index contributed by atoms with van der Waals surface area (Å²) in [5.74, 6) is 0. The summed E-state index contributed by atoms with van der Waals surface area (Å²) < 4.78 is 2.61. The van der Waals surface area contributed by atoms with E-state index in [1.54, 1.807) is 0 Å². The molecule has 0 fully saturated rings. The predicted molar refractivity (Wildman–Crippen MR) is 102 cm³/mol. The molecule has 116 valence electrons. The fourth-order valence-corrected chi connectivity index (χ4v) is 5.17. The monoisotopic (exact) mass is 420 g/mol. The Morgan fingerprint density at radius 2 is 0.727 bits per heavy atom. The number of rotatable bonds is 0. The molecule has 0 nitrogen and oxygen atoms in total. The van der Waals surface area contributed by atoms with Crippen molar-refractivity contribution in [1.82, 2.24) is 0 Å². The Labute approximate surface area is 150 Å². The third-order valence-corrected chi connectivity index (χ3v) is 7.88. The fraction of sp³-hybridized carbons (Fsp3) is 0.400. The van der Waals surface area contributed by atoms with Crippen LogP contribution in [0.5, 0.6) is 0 Å². The predicted octanol–water partition coefficient (Wildman–Crippen LogP) is 6.56. The lowest BCUT2D eigenvalue weighted by Gasteiger charge is -2.27. The molecule has 0 heterocycles. The van der Waals surface area contributed by atoms with Crippen molar-refractivity contribution in [3.8, 4) is 0 Å². The molecule has 4 bridgehead atoms. The van der Waals surface area contributed by atoms with E-state index in [1.807, 2.05) is 0 Å². The Balaban J connectivity index is 2.48. The minimum atomic E-state index is 1.01. The molecular formula is C20H22Br2. The molecule has 2 heteroatoms. The molecule has 0 N–H and O–H groups in total. The third kappa shape index (κ3) is 2.14. The maximum absolute atomic E-state index is 3.89. The molecule has 0 aromatic heterocycles. The molecule has 0 atom stereocenters. The van der Waals surface area contributed by atoms with Gasteiger partial charge in [0.2, 0.25) is 0 Å². The second kappa shape index (κ2) is 5.49. The summed E-state index contributed by atoms with van der Waals surface area (Å²) in [7, 11) is 0. The lowest BCUT2D eigenvalue weighted by molar-refractivity contribution is 0.975. The summed E-state index contributed by atoms with van der Waals surface area (Å²) >= 11 is 7.77. The summed E-state index contributed by atoms with van der Waals surface area (Å²) in [4.78, 5) is 0. The van der Waals surface area contributed by atoms with Gasteiger partial charge in [0.1, 0.15) is 0 Å². The standard InChI is InChI=1S/C20H22Br2/c1-9-11(3)17-8-16-10(2)12(4)18(20(22)14(16)6)7-15(9)13(5)19(17)21/h7-8H2,1-6H3. The van der Waals surface area contributed by atoms with Crippen LogP contribution in [0.1, 0.15) is 55.6 Å². The molecule has 0 saturated carbocycles. The first-order valence-electron chi connectivity index (χ1n) is 7.79. The number of hydrogen-bond donors (Lipinski definition) is 0. The van der Waals surface area contributed by atoms with Gasteiger partial charge in [0.25, 0.3) is 0 Å². The van der Waals surface area contributed by atoms with Crippen LogP contribution in [0.3, 0.4) is 0 Å². The molecule has 0 amide bonds. The van der Waals surface area contributed by atoms with E-state index in [0.717, 1.165) is 12.8 Å². The lowest BCUT2D eigenvalue weighted by atomic mass is 9.81. The van der Waals surface area contributed by atoms with Gasteiger partial charge in [-0.1, -0.05) is 31.9 Å². The van der Waals surface area contributed by atoms with Crippen molar-refractivity contribution in [2.45, 2.75) is 54.4 Å². The van der Waals surface area contributed by atoms with Gasteiger partial charge in [-0.3, -0.25) is 0 Å². The van der Waals surface area contributed by atoms with E-state index in [2.05, 4.69) is 73.4 Å². The molecule has 2 aromatic carbocycles. The van der Waals surface area contributed by atoms with Crippen molar-refractivity contribution in [2.75, 3.05) is 0 Å². The van der Waals surface area contributed by atoms with Crippen LogP contribution in [0.2, 0.25) is 0 Å². The van der Waals surface area contributed by atoms with Gasteiger partial charge in [-0.25, -0.2) is 0 Å². The molecular weight excluding hydrogens is 400 g/mol. The van der Waals surface area contributed by atoms with E-state index in [9.17, 15) is 0 Å². The number of benzene rings is 2. The van der Waals surface area contributed by atoms with Gasteiger partial charge >= 0.3 is 0 Å². The minimum Gasteiger partial charge on any atom is -0.0502 e. The molecule has 4 aliphatic carbocycles. The second-order valence-corrected chi connectivity index (χ2v) is 8.23. The molecule has 6 rings (SSSR count). The van der Waals surface area contributed by atoms with E-state index >= 15 is 0 Å². The summed E-state index contributed by atoms with van der Waals surface area (Å²) in [6.45, 7) is 13.6. The molecule has 0 unspecified atom stereocenters. The van der Waals surface area contributed by atoms with Crippen LogP contribution < -0.4 is 0 Å². The minimum absolute atomic E-state index is 1.01. The first kappa shape index (κ1) is 16.3. The maximum atomic E-state index is 3.89. The van der Waals surface area contributed by atoms with E-state index in [-0.39, 0.29) is 0 Å². The van der Waals surface area contributed by atoms with Crippen LogP contribution >= 0.6 is 31.9 Å². The summed E-state index contributed by atoms with van der Waals surface area (Å²) in [6, 6.07) is 0. The van der Waals surface area contributed by atoms with Crippen LogP contribution in [0.4, 0.5) is 0 Å². The van der Waals surface area contributed by atoms with Crippen molar-refractivity contribution < 1.29 is 0 Å². The van der Waals surface area contributed by atoms with Gasteiger partial charge < -0.3 is 0 Å². The Morgan fingerprint density at radius 3 is 1.05 bits per heavy atom. The van der Waals surface area contributed by atoms with Gasteiger partial charge in [0.05, 0.1) is 0 Å². The van der Waals surface area contributed by atoms with Crippen LogP contribution in [0, 0.1) is 41.5 Å². The fourth-order valence-electron chi connectivity index (χ4n) is 3.82. The number of hydrogen-bond acceptors (Lipinski definition) is 0. The largest absolute Gasteiger partial charge is 0.0502 e. The molecule has 0 aliphatic heterocycles. The highest BCUT2D eigenvalue weighted by atomic mass is 79.9. The van der Waals surface area contributed by atoms with Crippen LogP contribution in [0.15, 0.2) is 8.95 Å². The third-order valence-electron chi connectivity index (χ3n) is 5.74. The molecule has 0 spiro atoms. The highest BCUT2D eigenvalue weighted by Crippen LogP contribution is 2.41. The van der Waals surface area contributed by atoms with E-state index < -0.39 is 0 Å². The van der Waals surface area contributed by atoms with Crippen molar-refractivity contribution in [1.29, 1.82) is 0 Å². The summed E-state index contributed by atoms with van der Waals surface area (Å²) in [5, 5.41) is 0. The average Bonchev–Trinajstić information content (AvgIpc) is 2.49. The average molecular weight is 422 g/mol. The highest BCUT2D eigenvalue weighted by Gasteiger charge is 2.24. The highest BCUT2D eigenvalue weighted by molar-refractivity contribution is 9.11. The molecule has 2 aromatic rings. The van der Waals surface area contributed by atoms with Crippen LogP contribution in [-0.4, -0.2) is 0 Å². The zero-order valence-corrected chi connectivity index (χ0v) is 17.3. The number of halogens is 2. The van der Waals surface area contributed by atoms with E-state index in [0.29, 0.717) is 0 Å². The quantitative estimate of drug-likeness (QED) is 0.385. The Hall–Kier alpha value is -0.600. The maximum Gasteiger partial charge on any atom is 0.0245 e. The Morgan fingerprint density at radius 1 is 0.455 bits per heavy atom. The van der Waals surface area contributed by atoms with Gasteiger partial charge in [0.15, 0.2) is 0 Å². The lowest BCUT2D eigenvalue weighted by Crippen LogP contribution is -2.12. The van der Waals surface area contributed by atoms with E-state index in [4.69, 9.17) is 0 Å². The zero-order valence-electron chi connectivity index (χ0n) is 14.2. The topological polar surface area (TPSA) is 0 Å². The Bertz CT molecular complexity index is 620. The van der Waals surface area contributed by atoms with Gasteiger partial charge in [-0.15, -0.1) is 0 Å². The molecule has 0 radical (unpaired) electrons. The van der Waals surface area contributed by atoms with Crippen molar-refractivity contribution in [3.63, 3.8) is 0 Å². The summed E-state index contributed by atoms with van der Waals surface area (Å²) in [6.07, 6.45) is 2.01. The van der Waals surface area contributed by atoms with Crippen LogP contribution in [0.25, 0.3) is 0 Å². The summed E-state index contributed by atoms with van der Waals surface area (Å²) in [5.41, 5.74) is 14.5. The smallest absolute Gasteiger partial charge is 0.0245 e. The van der Waals surface area contributed by atoms with Gasteiger partial charge in [0, 0.05) is 8.95 Å². The molecule has 0 saturated heterocycles.